The van der Waals surface area contributed by atoms with Gasteiger partial charge in [-0.2, -0.15) is 0 Å². The minimum absolute atomic E-state index is 0.0456. The first-order valence-electron chi connectivity index (χ1n) is 4.41. The SMILES string of the molecule is O=C(O)Cc1csc(SCc2nnsc2Cl)n1. The Kier molecular flexibility index (Phi) is 4.32. The second-order valence-electron chi connectivity index (χ2n) is 2.96. The van der Waals surface area contributed by atoms with E-state index in [4.69, 9.17) is 16.7 Å². The summed E-state index contributed by atoms with van der Waals surface area (Å²) in [6, 6.07) is 0. The van der Waals surface area contributed by atoms with Gasteiger partial charge >= 0.3 is 5.97 Å². The number of halogens is 1. The number of carboxylic acids is 1. The van der Waals surface area contributed by atoms with Gasteiger partial charge in [0.15, 0.2) is 4.34 Å². The van der Waals surface area contributed by atoms with Crippen molar-refractivity contribution in [3.8, 4) is 0 Å². The van der Waals surface area contributed by atoms with Crippen LogP contribution in [0.15, 0.2) is 9.72 Å². The van der Waals surface area contributed by atoms with Gasteiger partial charge in [0, 0.05) is 22.7 Å². The van der Waals surface area contributed by atoms with Crippen molar-refractivity contribution in [2.75, 3.05) is 0 Å². The van der Waals surface area contributed by atoms with E-state index in [1.807, 2.05) is 0 Å². The van der Waals surface area contributed by atoms with Gasteiger partial charge in [0.2, 0.25) is 0 Å². The largest absolute Gasteiger partial charge is 0.481 e. The molecule has 0 saturated carbocycles. The third-order valence-electron chi connectivity index (χ3n) is 1.70. The van der Waals surface area contributed by atoms with E-state index < -0.39 is 5.97 Å². The van der Waals surface area contributed by atoms with Gasteiger partial charge in [-0.05, 0) is 0 Å². The summed E-state index contributed by atoms with van der Waals surface area (Å²) >= 11 is 9.91. The predicted octanol–water partition coefficient (Wildman–Crippen LogP) is 2.57. The number of aliphatic carboxylic acids is 1. The molecule has 2 aromatic rings. The van der Waals surface area contributed by atoms with Crippen LogP contribution in [0.5, 0.6) is 0 Å². The maximum absolute atomic E-state index is 10.5. The molecule has 0 unspecified atom stereocenters. The van der Waals surface area contributed by atoms with Crippen LogP contribution in [0.25, 0.3) is 0 Å². The zero-order chi connectivity index (χ0) is 12.3. The maximum atomic E-state index is 10.5. The molecular formula is C8H6ClN3O2S3. The lowest BCUT2D eigenvalue weighted by Crippen LogP contribution is -1.99. The lowest BCUT2D eigenvalue weighted by atomic mass is 10.3. The second-order valence-corrected chi connectivity index (χ2v) is 6.39. The minimum Gasteiger partial charge on any atom is -0.481 e. The average molecular weight is 308 g/mol. The van der Waals surface area contributed by atoms with Crippen molar-refractivity contribution in [2.24, 2.45) is 0 Å². The molecule has 5 nitrogen and oxygen atoms in total. The zero-order valence-corrected chi connectivity index (χ0v) is 11.5. The third-order valence-corrected chi connectivity index (χ3v) is 4.77. The number of carboxylic acid groups (broad SMARTS) is 1. The van der Waals surface area contributed by atoms with Crippen LogP contribution >= 0.6 is 46.2 Å². The van der Waals surface area contributed by atoms with Crippen LogP contribution < -0.4 is 0 Å². The number of nitrogens with zero attached hydrogens (tertiary/aromatic N) is 3. The summed E-state index contributed by atoms with van der Waals surface area (Å²) in [5.41, 5.74) is 1.31. The molecule has 2 aromatic heterocycles. The Morgan fingerprint density at radius 3 is 3.06 bits per heavy atom. The van der Waals surface area contributed by atoms with Crippen LogP contribution in [0, 0.1) is 0 Å². The molecule has 0 fully saturated rings. The zero-order valence-electron chi connectivity index (χ0n) is 8.29. The van der Waals surface area contributed by atoms with Crippen molar-refractivity contribution < 1.29 is 9.90 Å². The van der Waals surface area contributed by atoms with E-state index in [-0.39, 0.29) is 6.42 Å². The maximum Gasteiger partial charge on any atom is 0.309 e. The van der Waals surface area contributed by atoms with Gasteiger partial charge in [0.1, 0.15) is 10.0 Å². The molecule has 0 saturated heterocycles. The Hall–Kier alpha value is -0.700. The van der Waals surface area contributed by atoms with Crippen LogP contribution in [0.4, 0.5) is 0 Å². The van der Waals surface area contributed by atoms with Crippen molar-refractivity contribution in [1.29, 1.82) is 0 Å². The van der Waals surface area contributed by atoms with Crippen LogP contribution in [0.1, 0.15) is 11.4 Å². The average Bonchev–Trinajstić information content (AvgIpc) is 2.84. The summed E-state index contributed by atoms with van der Waals surface area (Å²) in [4.78, 5) is 14.7. The highest BCUT2D eigenvalue weighted by atomic mass is 35.5. The number of hydrogen-bond donors (Lipinski definition) is 1. The topological polar surface area (TPSA) is 76.0 Å². The molecular weight excluding hydrogens is 302 g/mol. The molecule has 9 heteroatoms. The Labute approximate surface area is 114 Å². The monoisotopic (exact) mass is 307 g/mol. The number of thioether (sulfide) groups is 1. The molecule has 0 amide bonds. The summed E-state index contributed by atoms with van der Waals surface area (Å²) in [5, 5.41) is 14.2. The first kappa shape index (κ1) is 12.7. The molecule has 0 radical (unpaired) electrons. The molecule has 0 aliphatic rings. The van der Waals surface area contributed by atoms with Crippen molar-refractivity contribution in [3.63, 3.8) is 0 Å². The van der Waals surface area contributed by atoms with E-state index in [0.29, 0.717) is 15.8 Å². The van der Waals surface area contributed by atoms with Gasteiger partial charge in [0.05, 0.1) is 12.1 Å². The molecule has 0 aliphatic heterocycles. The summed E-state index contributed by atoms with van der Waals surface area (Å²) in [6.07, 6.45) is -0.0456. The van der Waals surface area contributed by atoms with E-state index >= 15 is 0 Å². The highest BCUT2D eigenvalue weighted by Gasteiger charge is 2.09. The number of thiazole rings is 1. The van der Waals surface area contributed by atoms with Gasteiger partial charge < -0.3 is 5.11 Å². The van der Waals surface area contributed by atoms with Crippen molar-refractivity contribution in [1.82, 2.24) is 14.6 Å². The molecule has 1 N–H and O–H groups in total. The predicted molar refractivity (Wildman–Crippen MR) is 67.9 cm³/mol. The van der Waals surface area contributed by atoms with E-state index in [1.165, 1.54) is 23.1 Å². The van der Waals surface area contributed by atoms with Crippen LogP contribution in [0.3, 0.4) is 0 Å². The Morgan fingerprint density at radius 2 is 2.41 bits per heavy atom. The fourth-order valence-corrected chi connectivity index (χ4v) is 3.58. The smallest absolute Gasteiger partial charge is 0.309 e. The number of hydrogen-bond acceptors (Lipinski definition) is 7. The van der Waals surface area contributed by atoms with Gasteiger partial charge in [-0.15, -0.1) is 16.4 Å². The minimum atomic E-state index is -0.876. The molecule has 0 aromatic carbocycles. The van der Waals surface area contributed by atoms with E-state index in [9.17, 15) is 4.79 Å². The van der Waals surface area contributed by atoms with Crippen molar-refractivity contribution in [3.05, 3.63) is 21.1 Å². The fraction of sp³-hybridized carbons (Fsp3) is 0.250. The summed E-state index contributed by atoms with van der Waals surface area (Å²) in [7, 11) is 0. The van der Waals surface area contributed by atoms with Crippen LogP contribution in [0.2, 0.25) is 4.34 Å². The highest BCUT2D eigenvalue weighted by Crippen LogP contribution is 2.29. The quantitative estimate of drug-likeness (QED) is 0.856. The summed E-state index contributed by atoms with van der Waals surface area (Å²) in [5.74, 6) is -0.284. The highest BCUT2D eigenvalue weighted by molar-refractivity contribution is 8.00. The third kappa shape index (κ3) is 3.63. The van der Waals surface area contributed by atoms with Crippen molar-refractivity contribution >= 4 is 52.2 Å². The fourth-order valence-electron chi connectivity index (χ4n) is 1.00. The van der Waals surface area contributed by atoms with Gasteiger partial charge in [-0.1, -0.05) is 27.9 Å². The van der Waals surface area contributed by atoms with Crippen LogP contribution in [-0.2, 0) is 17.0 Å². The standard InChI is InChI=1S/C8H6ClN3O2S3/c9-7-5(11-12-17-7)3-16-8-10-4(2-15-8)1-6(13)14/h2H,1,3H2,(H,13,14). The van der Waals surface area contributed by atoms with E-state index in [0.717, 1.165) is 21.6 Å². The molecule has 0 atom stereocenters. The lowest BCUT2D eigenvalue weighted by Gasteiger charge is -1.93. The van der Waals surface area contributed by atoms with Gasteiger partial charge in [-0.25, -0.2) is 4.98 Å². The first-order valence-corrected chi connectivity index (χ1v) is 7.42. The summed E-state index contributed by atoms with van der Waals surface area (Å²) < 4.78 is 5.12. The number of carbonyl (C=O) groups is 1. The Bertz CT molecular complexity index is 528. The van der Waals surface area contributed by atoms with Crippen LogP contribution in [-0.4, -0.2) is 25.6 Å². The molecule has 90 valence electrons. The molecule has 2 heterocycles. The second kappa shape index (κ2) is 5.76. The molecule has 17 heavy (non-hydrogen) atoms. The Balaban J connectivity index is 1.93. The normalized spacial score (nSPS) is 10.6. The van der Waals surface area contributed by atoms with E-state index in [1.54, 1.807) is 5.38 Å². The first-order chi connectivity index (χ1) is 8.15. The molecule has 0 spiro atoms. The summed E-state index contributed by atoms with van der Waals surface area (Å²) in [6.45, 7) is 0. The molecule has 0 bridgehead atoms. The number of aromatic nitrogens is 3. The van der Waals surface area contributed by atoms with Gasteiger partial charge in [-0.3, -0.25) is 4.79 Å². The van der Waals surface area contributed by atoms with Gasteiger partial charge in [0.25, 0.3) is 0 Å². The molecule has 0 aliphatic carbocycles. The molecule has 2 rings (SSSR count). The lowest BCUT2D eigenvalue weighted by molar-refractivity contribution is -0.136. The van der Waals surface area contributed by atoms with Crippen molar-refractivity contribution in [2.45, 2.75) is 16.5 Å². The van der Waals surface area contributed by atoms with E-state index in [2.05, 4.69) is 14.6 Å². The number of rotatable bonds is 5. The Morgan fingerprint density at radius 1 is 1.59 bits per heavy atom.